The number of rotatable bonds is 7. The first kappa shape index (κ1) is 24.3. The van der Waals surface area contributed by atoms with E-state index in [4.69, 9.17) is 0 Å². The molecule has 0 amide bonds. The van der Waals surface area contributed by atoms with Gasteiger partial charge in [-0.3, -0.25) is 14.5 Å². The van der Waals surface area contributed by atoms with Gasteiger partial charge < -0.3 is 19.7 Å². The van der Waals surface area contributed by atoms with Crippen LogP contribution in [0, 0.1) is 0 Å². The fourth-order valence-corrected chi connectivity index (χ4v) is 6.98. The second-order valence-corrected chi connectivity index (χ2v) is 10.6. The van der Waals surface area contributed by atoms with Crippen LogP contribution in [0.2, 0.25) is 0 Å². The second-order valence-electron chi connectivity index (χ2n) is 10.6. The van der Waals surface area contributed by atoms with Gasteiger partial charge in [0.15, 0.2) is 5.82 Å². The van der Waals surface area contributed by atoms with Crippen LogP contribution in [0.1, 0.15) is 76.7 Å². The molecule has 3 atom stereocenters. The monoisotopic (exact) mass is 482 g/mol. The Bertz CT molecular complexity index is 1080. The molecule has 2 aromatic rings. The van der Waals surface area contributed by atoms with Gasteiger partial charge in [-0.1, -0.05) is 44.2 Å². The molecule has 8 heteroatoms. The molecule has 3 fully saturated rings. The SMILES string of the molecule is O=C(O)CN(CCO)c1nc2ccccc2n([C@H]2C[C@H]3CC[C@@H](C2)N3C2CCCCCCC2)c1=O. The fraction of sp³-hybridized carbons (Fsp3) is 0.667. The van der Waals surface area contributed by atoms with Crippen molar-refractivity contribution in [2.75, 3.05) is 24.6 Å². The van der Waals surface area contributed by atoms with Crippen molar-refractivity contribution in [3.63, 3.8) is 0 Å². The zero-order chi connectivity index (χ0) is 24.4. The maximum Gasteiger partial charge on any atom is 0.323 e. The number of carbonyl (C=O) groups is 1. The number of fused-ring (bicyclic) bond motifs is 3. The summed E-state index contributed by atoms with van der Waals surface area (Å²) in [6.07, 6.45) is 13.6. The number of nitrogens with zero attached hydrogens (tertiary/aromatic N) is 4. The number of benzene rings is 1. The summed E-state index contributed by atoms with van der Waals surface area (Å²) < 4.78 is 1.89. The van der Waals surface area contributed by atoms with Crippen molar-refractivity contribution >= 4 is 22.8 Å². The molecule has 1 aliphatic carbocycles. The van der Waals surface area contributed by atoms with Crippen molar-refractivity contribution in [2.24, 2.45) is 0 Å². The summed E-state index contributed by atoms with van der Waals surface area (Å²) in [7, 11) is 0. The standard InChI is InChI=1S/C27H38N4O4/c32-15-14-29(18-25(33)34)26-27(35)31(24-11-7-6-10-23(24)28-26)22-16-20-12-13-21(17-22)30(20)19-8-4-2-1-3-5-9-19/h6-7,10-11,19-22,32H,1-5,8-9,12-18H2,(H,33,34)/t20-,21+,22+. The Morgan fingerprint density at radius 1 is 0.943 bits per heavy atom. The molecule has 3 aliphatic rings. The van der Waals surface area contributed by atoms with Gasteiger partial charge in [-0.15, -0.1) is 0 Å². The molecule has 5 rings (SSSR count). The van der Waals surface area contributed by atoms with Crippen LogP contribution in [-0.2, 0) is 4.79 Å². The fourth-order valence-electron chi connectivity index (χ4n) is 6.98. The van der Waals surface area contributed by atoms with E-state index in [0.29, 0.717) is 23.6 Å². The molecular weight excluding hydrogens is 444 g/mol. The smallest absolute Gasteiger partial charge is 0.323 e. The zero-order valence-electron chi connectivity index (χ0n) is 20.5. The lowest BCUT2D eigenvalue weighted by molar-refractivity contribution is -0.135. The summed E-state index contributed by atoms with van der Waals surface area (Å²) in [6, 6.07) is 9.39. The molecule has 8 nitrogen and oxygen atoms in total. The van der Waals surface area contributed by atoms with Crippen LogP contribution >= 0.6 is 0 Å². The Morgan fingerprint density at radius 3 is 2.26 bits per heavy atom. The van der Waals surface area contributed by atoms with Crippen LogP contribution in [0.25, 0.3) is 11.0 Å². The maximum absolute atomic E-state index is 13.9. The summed E-state index contributed by atoms with van der Waals surface area (Å²) in [6.45, 7) is -0.560. The van der Waals surface area contributed by atoms with E-state index in [1.54, 1.807) is 0 Å². The third-order valence-electron chi connectivity index (χ3n) is 8.40. The van der Waals surface area contributed by atoms with E-state index < -0.39 is 5.97 Å². The molecule has 0 unspecified atom stereocenters. The van der Waals surface area contributed by atoms with Crippen molar-refractivity contribution in [1.29, 1.82) is 0 Å². The molecule has 2 N–H and O–H groups in total. The largest absolute Gasteiger partial charge is 0.480 e. The number of aliphatic hydroxyl groups excluding tert-OH is 1. The summed E-state index contributed by atoms with van der Waals surface area (Å²) in [4.78, 5) is 34.1. The van der Waals surface area contributed by atoms with Crippen LogP contribution in [0.4, 0.5) is 5.82 Å². The number of anilines is 1. The number of hydrogen-bond acceptors (Lipinski definition) is 6. The van der Waals surface area contributed by atoms with E-state index in [0.717, 1.165) is 18.4 Å². The first-order chi connectivity index (χ1) is 17.1. The number of carboxylic acids is 1. The molecule has 0 radical (unpaired) electrons. The molecule has 1 aromatic carbocycles. The van der Waals surface area contributed by atoms with Gasteiger partial charge in [0.05, 0.1) is 17.6 Å². The highest BCUT2D eigenvalue weighted by molar-refractivity contribution is 5.78. The van der Waals surface area contributed by atoms with Crippen molar-refractivity contribution in [3.8, 4) is 0 Å². The van der Waals surface area contributed by atoms with E-state index in [1.165, 1.54) is 62.7 Å². The Labute approximate surface area is 206 Å². The van der Waals surface area contributed by atoms with E-state index in [-0.39, 0.29) is 37.1 Å². The number of carboxylic acid groups (broad SMARTS) is 1. The van der Waals surface area contributed by atoms with Gasteiger partial charge in [-0.25, -0.2) is 4.98 Å². The molecule has 2 saturated heterocycles. The van der Waals surface area contributed by atoms with Crippen LogP contribution < -0.4 is 10.5 Å². The van der Waals surface area contributed by atoms with Gasteiger partial charge in [0.1, 0.15) is 6.54 Å². The Hall–Kier alpha value is -2.45. The van der Waals surface area contributed by atoms with Crippen LogP contribution in [0.3, 0.4) is 0 Å². The zero-order valence-corrected chi connectivity index (χ0v) is 20.5. The van der Waals surface area contributed by atoms with Crippen molar-refractivity contribution in [3.05, 3.63) is 34.6 Å². The number of aliphatic carboxylic acids is 1. The summed E-state index contributed by atoms with van der Waals surface area (Å²) in [5.74, 6) is -0.931. The molecule has 35 heavy (non-hydrogen) atoms. The molecule has 190 valence electrons. The van der Waals surface area contributed by atoms with Gasteiger partial charge in [0.2, 0.25) is 0 Å². The van der Waals surface area contributed by atoms with Gasteiger partial charge in [-0.05, 0) is 50.7 Å². The van der Waals surface area contributed by atoms with Crippen LogP contribution in [-0.4, -0.2) is 68.5 Å². The number of para-hydroxylation sites is 2. The van der Waals surface area contributed by atoms with E-state index in [1.807, 2.05) is 28.8 Å². The van der Waals surface area contributed by atoms with Gasteiger partial charge in [0.25, 0.3) is 5.56 Å². The lowest BCUT2D eigenvalue weighted by Gasteiger charge is -2.45. The summed E-state index contributed by atoms with van der Waals surface area (Å²) in [5, 5.41) is 18.9. The van der Waals surface area contributed by atoms with Crippen molar-refractivity contribution in [1.82, 2.24) is 14.5 Å². The van der Waals surface area contributed by atoms with Crippen molar-refractivity contribution in [2.45, 2.75) is 94.8 Å². The Balaban J connectivity index is 1.49. The quantitative estimate of drug-likeness (QED) is 0.623. The van der Waals surface area contributed by atoms with Gasteiger partial charge >= 0.3 is 5.97 Å². The minimum atomic E-state index is -1.05. The number of aliphatic hydroxyl groups is 1. The van der Waals surface area contributed by atoms with Crippen LogP contribution in [0.5, 0.6) is 0 Å². The highest BCUT2D eigenvalue weighted by Gasteiger charge is 2.44. The molecule has 2 aliphatic heterocycles. The molecule has 1 saturated carbocycles. The first-order valence-corrected chi connectivity index (χ1v) is 13.4. The molecule has 2 bridgehead atoms. The topological polar surface area (TPSA) is 98.9 Å². The number of piperidine rings is 1. The highest BCUT2D eigenvalue weighted by Crippen LogP contribution is 2.44. The summed E-state index contributed by atoms with van der Waals surface area (Å²) >= 11 is 0. The average Bonchev–Trinajstić information content (AvgIpc) is 3.07. The van der Waals surface area contributed by atoms with E-state index in [9.17, 15) is 19.8 Å². The maximum atomic E-state index is 13.9. The second kappa shape index (κ2) is 10.7. The van der Waals surface area contributed by atoms with Crippen molar-refractivity contribution < 1.29 is 15.0 Å². The van der Waals surface area contributed by atoms with Gasteiger partial charge in [0, 0.05) is 30.7 Å². The highest BCUT2D eigenvalue weighted by atomic mass is 16.4. The molecular formula is C27H38N4O4. The minimum Gasteiger partial charge on any atom is -0.480 e. The average molecular weight is 483 g/mol. The van der Waals surface area contributed by atoms with E-state index in [2.05, 4.69) is 9.88 Å². The predicted octanol–water partition coefficient (Wildman–Crippen LogP) is 3.56. The number of hydrogen-bond donors (Lipinski definition) is 2. The number of aromatic nitrogens is 2. The van der Waals surface area contributed by atoms with Crippen LogP contribution in [0.15, 0.2) is 29.1 Å². The molecule has 1 aromatic heterocycles. The minimum absolute atomic E-state index is 0.0538. The lowest BCUT2D eigenvalue weighted by atomic mass is 9.89. The molecule has 3 heterocycles. The lowest BCUT2D eigenvalue weighted by Crippen LogP contribution is -2.50. The Morgan fingerprint density at radius 2 is 1.60 bits per heavy atom. The first-order valence-electron chi connectivity index (χ1n) is 13.4. The Kier molecular flexibility index (Phi) is 7.39. The molecule has 0 spiro atoms. The normalized spacial score (nSPS) is 25.9. The van der Waals surface area contributed by atoms with E-state index >= 15 is 0 Å². The predicted molar refractivity (Wildman–Crippen MR) is 136 cm³/mol. The third kappa shape index (κ3) is 4.96. The third-order valence-corrected chi connectivity index (χ3v) is 8.40. The summed E-state index contributed by atoms with van der Waals surface area (Å²) in [5.41, 5.74) is 1.25. The van der Waals surface area contributed by atoms with Gasteiger partial charge in [-0.2, -0.15) is 0 Å².